The van der Waals surface area contributed by atoms with Crippen molar-refractivity contribution in [2.75, 3.05) is 19.0 Å². The average molecular weight is 322 g/mol. The fraction of sp³-hybridized carbons (Fsp3) is 0.158. The maximum absolute atomic E-state index is 12.5. The second-order valence-corrected chi connectivity index (χ2v) is 5.30. The molecular formula is C19H18N2O3. The molecule has 2 N–H and O–H groups in total. The molecule has 5 heteroatoms. The van der Waals surface area contributed by atoms with E-state index in [2.05, 4.69) is 10.6 Å². The first-order chi connectivity index (χ1) is 11.7. The molecule has 2 aromatic carbocycles. The molecule has 0 aromatic heterocycles. The van der Waals surface area contributed by atoms with E-state index in [9.17, 15) is 9.59 Å². The number of hydrogen-bond donors (Lipinski definition) is 2. The van der Waals surface area contributed by atoms with Crippen LogP contribution in [0.2, 0.25) is 0 Å². The largest absolute Gasteiger partial charge is 0.492 e. The second-order valence-electron chi connectivity index (χ2n) is 5.30. The lowest BCUT2D eigenvalue weighted by molar-refractivity contribution is -0.110. The van der Waals surface area contributed by atoms with Gasteiger partial charge in [-0.1, -0.05) is 36.4 Å². The summed E-state index contributed by atoms with van der Waals surface area (Å²) in [6, 6.07) is 14.7. The summed E-state index contributed by atoms with van der Waals surface area (Å²) >= 11 is 0. The number of ether oxygens (including phenoxy) is 1. The number of carbonyl (C=O) groups is 2. The van der Waals surface area contributed by atoms with E-state index in [1.165, 1.54) is 0 Å². The average Bonchev–Trinajstić information content (AvgIpc) is 2.94. The van der Waals surface area contributed by atoms with Crippen molar-refractivity contribution in [2.45, 2.75) is 6.92 Å². The first-order valence-corrected chi connectivity index (χ1v) is 7.76. The zero-order valence-electron chi connectivity index (χ0n) is 13.6. The highest BCUT2D eigenvalue weighted by Crippen LogP contribution is 2.38. The molecule has 0 fully saturated rings. The van der Waals surface area contributed by atoms with E-state index in [1.54, 1.807) is 25.2 Å². The van der Waals surface area contributed by atoms with Gasteiger partial charge in [0.15, 0.2) is 0 Å². The molecular weight excluding hydrogens is 304 g/mol. The summed E-state index contributed by atoms with van der Waals surface area (Å²) in [7, 11) is 1.57. The monoisotopic (exact) mass is 322 g/mol. The molecule has 2 aromatic rings. The van der Waals surface area contributed by atoms with Crippen LogP contribution in [0.25, 0.3) is 11.3 Å². The Kier molecular flexibility index (Phi) is 4.33. The number of hydrogen-bond acceptors (Lipinski definition) is 3. The lowest BCUT2D eigenvalue weighted by atomic mass is 10.0. The van der Waals surface area contributed by atoms with Gasteiger partial charge in [-0.3, -0.25) is 9.59 Å². The molecule has 122 valence electrons. The topological polar surface area (TPSA) is 67.4 Å². The molecule has 1 aliphatic heterocycles. The molecule has 3 rings (SSSR count). The Hall–Kier alpha value is -3.08. The van der Waals surface area contributed by atoms with Crippen LogP contribution in [-0.4, -0.2) is 25.5 Å². The van der Waals surface area contributed by atoms with Crippen molar-refractivity contribution in [1.82, 2.24) is 5.32 Å². The summed E-state index contributed by atoms with van der Waals surface area (Å²) in [5, 5.41) is 5.39. The van der Waals surface area contributed by atoms with Gasteiger partial charge in [-0.15, -0.1) is 0 Å². The Labute approximate surface area is 140 Å². The Morgan fingerprint density at radius 3 is 2.54 bits per heavy atom. The van der Waals surface area contributed by atoms with Gasteiger partial charge in [-0.25, -0.2) is 0 Å². The quantitative estimate of drug-likeness (QED) is 0.672. The lowest BCUT2D eigenvalue weighted by Gasteiger charge is -2.12. The van der Waals surface area contributed by atoms with Crippen LogP contribution in [0.1, 0.15) is 28.4 Å². The Balaban J connectivity index is 2.15. The summed E-state index contributed by atoms with van der Waals surface area (Å²) in [6.07, 6.45) is 0. The Morgan fingerprint density at radius 1 is 1.12 bits per heavy atom. The van der Waals surface area contributed by atoms with E-state index >= 15 is 0 Å². The maximum atomic E-state index is 12.5. The van der Waals surface area contributed by atoms with Gasteiger partial charge in [0.25, 0.3) is 11.8 Å². The molecule has 24 heavy (non-hydrogen) atoms. The van der Waals surface area contributed by atoms with Crippen molar-refractivity contribution >= 4 is 28.8 Å². The summed E-state index contributed by atoms with van der Waals surface area (Å²) in [5.41, 5.74) is 3.17. The van der Waals surface area contributed by atoms with Crippen molar-refractivity contribution in [1.29, 1.82) is 0 Å². The first kappa shape index (κ1) is 15.8. The number of rotatable bonds is 4. The van der Waals surface area contributed by atoms with Crippen molar-refractivity contribution in [3.8, 4) is 0 Å². The fourth-order valence-electron chi connectivity index (χ4n) is 2.72. The van der Waals surface area contributed by atoms with E-state index in [0.29, 0.717) is 29.2 Å². The Morgan fingerprint density at radius 2 is 1.88 bits per heavy atom. The van der Waals surface area contributed by atoms with Crippen molar-refractivity contribution in [2.24, 2.45) is 0 Å². The molecule has 0 spiro atoms. The molecule has 0 bridgehead atoms. The molecule has 5 nitrogen and oxygen atoms in total. The van der Waals surface area contributed by atoms with Gasteiger partial charge in [0.1, 0.15) is 5.76 Å². The van der Waals surface area contributed by atoms with Crippen LogP contribution >= 0.6 is 0 Å². The highest BCUT2D eigenvalue weighted by Gasteiger charge is 2.29. The van der Waals surface area contributed by atoms with E-state index in [1.807, 2.05) is 37.3 Å². The molecule has 0 aliphatic carbocycles. The molecule has 0 saturated carbocycles. The zero-order chi connectivity index (χ0) is 17.1. The standard InChI is InChI=1S/C19H18N2O3/c1-3-24-17(12-7-5-4-6-8-12)16-14-10-9-13(18(22)20-2)11-15(14)21-19(16)23/h4-11H,3H2,1-2H3,(H,20,22)(H,21,23)/b17-16+. The lowest BCUT2D eigenvalue weighted by Crippen LogP contribution is -2.17. The van der Waals surface area contributed by atoms with Gasteiger partial charge in [-0.2, -0.15) is 0 Å². The summed E-state index contributed by atoms with van der Waals surface area (Å²) in [4.78, 5) is 24.3. The predicted octanol–water partition coefficient (Wildman–Crippen LogP) is 2.90. The maximum Gasteiger partial charge on any atom is 0.260 e. The molecule has 1 aliphatic rings. The highest BCUT2D eigenvalue weighted by molar-refractivity contribution is 6.36. The zero-order valence-corrected chi connectivity index (χ0v) is 13.6. The van der Waals surface area contributed by atoms with Crippen LogP contribution < -0.4 is 10.6 Å². The molecule has 0 saturated heterocycles. The SMILES string of the molecule is CCO/C(=C1/C(=O)Nc2cc(C(=O)NC)ccc21)c1ccccc1. The third-order valence-corrected chi connectivity index (χ3v) is 3.81. The molecule has 0 radical (unpaired) electrons. The third kappa shape index (κ3) is 2.76. The molecule has 0 unspecified atom stereocenters. The number of benzene rings is 2. The number of amides is 2. The van der Waals surface area contributed by atoms with Crippen LogP contribution in [0, 0.1) is 0 Å². The van der Waals surface area contributed by atoms with Crippen LogP contribution in [0.5, 0.6) is 0 Å². The van der Waals surface area contributed by atoms with Crippen LogP contribution in [0.4, 0.5) is 5.69 Å². The van der Waals surface area contributed by atoms with Gasteiger partial charge >= 0.3 is 0 Å². The van der Waals surface area contributed by atoms with Crippen molar-refractivity contribution in [3.05, 3.63) is 65.2 Å². The van der Waals surface area contributed by atoms with E-state index in [4.69, 9.17) is 4.74 Å². The summed E-state index contributed by atoms with van der Waals surface area (Å²) in [6.45, 7) is 2.33. The van der Waals surface area contributed by atoms with Crippen molar-refractivity contribution in [3.63, 3.8) is 0 Å². The minimum Gasteiger partial charge on any atom is -0.492 e. The van der Waals surface area contributed by atoms with Gasteiger partial charge < -0.3 is 15.4 Å². The van der Waals surface area contributed by atoms with Crippen LogP contribution in [0.15, 0.2) is 48.5 Å². The van der Waals surface area contributed by atoms with Gasteiger partial charge in [0.2, 0.25) is 0 Å². The fourth-order valence-corrected chi connectivity index (χ4v) is 2.72. The van der Waals surface area contributed by atoms with Gasteiger partial charge in [0.05, 0.1) is 17.9 Å². The highest BCUT2D eigenvalue weighted by atomic mass is 16.5. The van der Waals surface area contributed by atoms with Gasteiger partial charge in [0, 0.05) is 23.7 Å². The first-order valence-electron chi connectivity index (χ1n) is 7.76. The minimum absolute atomic E-state index is 0.197. The van der Waals surface area contributed by atoms with Crippen LogP contribution in [0.3, 0.4) is 0 Å². The van der Waals surface area contributed by atoms with E-state index in [-0.39, 0.29) is 11.8 Å². The van der Waals surface area contributed by atoms with Crippen molar-refractivity contribution < 1.29 is 14.3 Å². The number of anilines is 1. The van der Waals surface area contributed by atoms with Gasteiger partial charge in [-0.05, 0) is 19.1 Å². The van der Waals surface area contributed by atoms with E-state index < -0.39 is 0 Å². The second kappa shape index (κ2) is 6.58. The number of carbonyl (C=O) groups excluding carboxylic acids is 2. The third-order valence-electron chi connectivity index (χ3n) is 3.81. The summed E-state index contributed by atoms with van der Waals surface area (Å²) < 4.78 is 5.78. The number of fused-ring (bicyclic) bond motifs is 1. The molecule has 2 amide bonds. The number of nitrogens with one attached hydrogen (secondary N) is 2. The smallest absolute Gasteiger partial charge is 0.260 e. The van der Waals surface area contributed by atoms with Crippen LogP contribution in [-0.2, 0) is 9.53 Å². The van der Waals surface area contributed by atoms with E-state index in [0.717, 1.165) is 11.1 Å². The Bertz CT molecular complexity index is 826. The predicted molar refractivity (Wildman–Crippen MR) is 93.3 cm³/mol. The normalized spacial score (nSPS) is 14.7. The molecule has 1 heterocycles. The molecule has 0 atom stereocenters. The summed E-state index contributed by atoms with van der Waals surface area (Å²) in [5.74, 6) is 0.117. The minimum atomic E-state index is -0.230.